The molecule has 2 aromatic rings. The maximum absolute atomic E-state index is 12.2. The number of benzene rings is 2. The summed E-state index contributed by atoms with van der Waals surface area (Å²) in [5, 5.41) is 13.2. The number of carbonyl (C=O) groups excluding carboxylic acids is 2. The molecule has 2 aromatic carbocycles. The largest absolute Gasteiger partial charge is 0.491 e. The summed E-state index contributed by atoms with van der Waals surface area (Å²) < 4.78 is 10.8. The summed E-state index contributed by atoms with van der Waals surface area (Å²) in [5.41, 5.74) is -0.206. The van der Waals surface area contributed by atoms with E-state index in [-0.39, 0.29) is 25.4 Å². The molecule has 0 saturated carbocycles. The van der Waals surface area contributed by atoms with E-state index in [4.69, 9.17) is 14.7 Å². The molecule has 0 atom stereocenters. The molecular weight excluding hydrogens is 332 g/mol. The standard InChI is InChI=1S/C20H22N2O4/c1-20(2,3)26-19(24)22-10-11-25-18-13-15-7-5-4-6-14(15)12-16(18)17(23)8-9-21/h4-7,12-13H,8,10-11H2,1-3H3,(H,22,24). The highest BCUT2D eigenvalue weighted by atomic mass is 16.6. The lowest BCUT2D eigenvalue weighted by Gasteiger charge is -2.19. The molecule has 136 valence electrons. The van der Waals surface area contributed by atoms with Crippen molar-refractivity contribution in [3.8, 4) is 11.8 Å². The second-order valence-corrected chi connectivity index (χ2v) is 6.73. The summed E-state index contributed by atoms with van der Waals surface area (Å²) in [5.74, 6) is 0.100. The SMILES string of the molecule is CC(C)(C)OC(=O)NCCOc1cc2ccccc2cc1C(=O)CC#N. The van der Waals surface area contributed by atoms with Crippen molar-refractivity contribution >= 4 is 22.6 Å². The number of ketones is 1. The van der Waals surface area contributed by atoms with Crippen LogP contribution in [-0.4, -0.2) is 30.6 Å². The minimum atomic E-state index is -0.569. The Morgan fingerprint density at radius 3 is 2.42 bits per heavy atom. The van der Waals surface area contributed by atoms with Crippen LogP contribution in [0.5, 0.6) is 5.75 Å². The van der Waals surface area contributed by atoms with Crippen LogP contribution in [0.25, 0.3) is 10.8 Å². The van der Waals surface area contributed by atoms with Gasteiger partial charge in [0.25, 0.3) is 0 Å². The normalized spacial score (nSPS) is 10.8. The van der Waals surface area contributed by atoms with E-state index in [9.17, 15) is 9.59 Å². The van der Waals surface area contributed by atoms with E-state index in [0.29, 0.717) is 11.3 Å². The van der Waals surface area contributed by atoms with E-state index < -0.39 is 11.7 Å². The highest BCUT2D eigenvalue weighted by Crippen LogP contribution is 2.27. The summed E-state index contributed by atoms with van der Waals surface area (Å²) in [4.78, 5) is 23.8. The van der Waals surface area contributed by atoms with Crippen molar-refractivity contribution in [2.45, 2.75) is 32.8 Å². The third kappa shape index (κ3) is 5.49. The van der Waals surface area contributed by atoms with Crippen LogP contribution in [0.1, 0.15) is 37.6 Å². The summed E-state index contributed by atoms with van der Waals surface area (Å²) in [6.45, 7) is 5.75. The van der Waals surface area contributed by atoms with Gasteiger partial charge in [0.15, 0.2) is 5.78 Å². The smallest absolute Gasteiger partial charge is 0.407 e. The molecular formula is C20H22N2O4. The quantitative estimate of drug-likeness (QED) is 0.629. The monoisotopic (exact) mass is 354 g/mol. The number of carbonyl (C=O) groups is 2. The number of rotatable bonds is 6. The van der Waals surface area contributed by atoms with Crippen LogP contribution in [0.3, 0.4) is 0 Å². The van der Waals surface area contributed by atoms with E-state index in [1.54, 1.807) is 32.9 Å². The number of nitrogens with one attached hydrogen (secondary N) is 1. The molecule has 1 amide bonds. The first kappa shape index (κ1) is 19.3. The van der Waals surface area contributed by atoms with Gasteiger partial charge in [-0.15, -0.1) is 0 Å². The van der Waals surface area contributed by atoms with Crippen molar-refractivity contribution in [3.05, 3.63) is 42.0 Å². The number of nitrogens with zero attached hydrogens (tertiary/aromatic N) is 1. The molecule has 2 rings (SSSR count). The number of amides is 1. The van der Waals surface area contributed by atoms with Crippen molar-refractivity contribution in [2.24, 2.45) is 0 Å². The minimum Gasteiger partial charge on any atom is -0.491 e. The first-order valence-corrected chi connectivity index (χ1v) is 8.33. The minimum absolute atomic E-state index is 0.171. The van der Waals surface area contributed by atoms with Crippen LogP contribution in [0.15, 0.2) is 36.4 Å². The number of hydrogen-bond acceptors (Lipinski definition) is 5. The third-order valence-corrected chi connectivity index (χ3v) is 3.42. The lowest BCUT2D eigenvalue weighted by atomic mass is 10.0. The predicted octanol–water partition coefficient (Wildman–Crippen LogP) is 3.84. The molecule has 0 spiro atoms. The van der Waals surface area contributed by atoms with Crippen molar-refractivity contribution in [3.63, 3.8) is 0 Å². The van der Waals surface area contributed by atoms with Gasteiger partial charge in [-0.05, 0) is 43.7 Å². The van der Waals surface area contributed by atoms with Gasteiger partial charge in [0.2, 0.25) is 0 Å². The van der Waals surface area contributed by atoms with Crippen LogP contribution in [0.2, 0.25) is 0 Å². The Bertz CT molecular complexity index is 847. The van der Waals surface area contributed by atoms with Gasteiger partial charge in [-0.1, -0.05) is 24.3 Å². The lowest BCUT2D eigenvalue weighted by molar-refractivity contribution is 0.0519. The van der Waals surface area contributed by atoms with Gasteiger partial charge in [-0.2, -0.15) is 5.26 Å². The first-order valence-electron chi connectivity index (χ1n) is 8.33. The molecule has 0 fully saturated rings. The zero-order valence-electron chi connectivity index (χ0n) is 15.2. The second-order valence-electron chi connectivity index (χ2n) is 6.73. The van der Waals surface area contributed by atoms with Gasteiger partial charge in [0.1, 0.15) is 18.0 Å². The van der Waals surface area contributed by atoms with Gasteiger partial charge >= 0.3 is 6.09 Å². The Labute approximate surface area is 152 Å². The Balaban J connectivity index is 2.07. The van der Waals surface area contributed by atoms with E-state index in [0.717, 1.165) is 10.8 Å². The van der Waals surface area contributed by atoms with Crippen LogP contribution in [0.4, 0.5) is 4.79 Å². The van der Waals surface area contributed by atoms with E-state index in [1.807, 2.05) is 30.3 Å². The second kappa shape index (κ2) is 8.34. The van der Waals surface area contributed by atoms with E-state index >= 15 is 0 Å². The summed E-state index contributed by atoms with van der Waals surface area (Å²) >= 11 is 0. The zero-order valence-corrected chi connectivity index (χ0v) is 15.2. The molecule has 0 aliphatic rings. The third-order valence-electron chi connectivity index (χ3n) is 3.42. The number of hydrogen-bond donors (Lipinski definition) is 1. The molecule has 0 radical (unpaired) electrons. The van der Waals surface area contributed by atoms with Gasteiger partial charge < -0.3 is 14.8 Å². The van der Waals surface area contributed by atoms with Crippen LogP contribution in [0, 0.1) is 11.3 Å². The van der Waals surface area contributed by atoms with Crippen molar-refractivity contribution < 1.29 is 19.1 Å². The van der Waals surface area contributed by atoms with Crippen molar-refractivity contribution in [2.75, 3.05) is 13.2 Å². The molecule has 6 nitrogen and oxygen atoms in total. The van der Waals surface area contributed by atoms with Crippen LogP contribution >= 0.6 is 0 Å². The average Bonchev–Trinajstić information content (AvgIpc) is 2.56. The Hall–Kier alpha value is -3.07. The molecule has 26 heavy (non-hydrogen) atoms. The lowest BCUT2D eigenvalue weighted by Crippen LogP contribution is -2.34. The molecule has 0 heterocycles. The molecule has 0 unspecified atom stereocenters. The number of nitriles is 1. The number of ether oxygens (including phenoxy) is 2. The Morgan fingerprint density at radius 2 is 1.81 bits per heavy atom. The fraction of sp³-hybridized carbons (Fsp3) is 0.350. The molecule has 0 saturated heterocycles. The average molecular weight is 354 g/mol. The summed E-state index contributed by atoms with van der Waals surface area (Å²) in [6.07, 6.45) is -0.745. The summed E-state index contributed by atoms with van der Waals surface area (Å²) in [6, 6.07) is 13.0. The molecule has 0 bridgehead atoms. The number of Topliss-reactive ketones (excluding diaryl/α,β-unsaturated/α-hetero) is 1. The van der Waals surface area contributed by atoms with Crippen molar-refractivity contribution in [1.29, 1.82) is 5.26 Å². The maximum atomic E-state index is 12.2. The number of alkyl carbamates (subject to hydrolysis) is 1. The fourth-order valence-electron chi connectivity index (χ4n) is 2.35. The zero-order chi connectivity index (χ0) is 19.2. The predicted molar refractivity (Wildman–Crippen MR) is 98.2 cm³/mol. The van der Waals surface area contributed by atoms with Gasteiger partial charge in [-0.25, -0.2) is 4.79 Å². The highest BCUT2D eigenvalue weighted by molar-refractivity contribution is 6.03. The molecule has 0 aliphatic heterocycles. The van der Waals surface area contributed by atoms with Gasteiger partial charge in [0, 0.05) is 0 Å². The molecule has 1 N–H and O–H groups in total. The van der Waals surface area contributed by atoms with Crippen LogP contribution < -0.4 is 10.1 Å². The molecule has 0 aromatic heterocycles. The maximum Gasteiger partial charge on any atom is 0.407 e. The molecule has 0 aliphatic carbocycles. The van der Waals surface area contributed by atoms with Crippen LogP contribution in [-0.2, 0) is 4.74 Å². The molecule has 6 heteroatoms. The fourth-order valence-corrected chi connectivity index (χ4v) is 2.35. The first-order chi connectivity index (χ1) is 12.3. The van der Waals surface area contributed by atoms with Gasteiger partial charge in [0.05, 0.1) is 24.6 Å². The Kier molecular flexibility index (Phi) is 6.18. The number of fused-ring (bicyclic) bond motifs is 1. The summed E-state index contributed by atoms with van der Waals surface area (Å²) in [7, 11) is 0. The van der Waals surface area contributed by atoms with E-state index in [2.05, 4.69) is 5.32 Å². The van der Waals surface area contributed by atoms with E-state index in [1.165, 1.54) is 0 Å². The van der Waals surface area contributed by atoms with Gasteiger partial charge in [-0.3, -0.25) is 4.79 Å². The Morgan fingerprint density at radius 1 is 1.15 bits per heavy atom. The van der Waals surface area contributed by atoms with Crippen molar-refractivity contribution in [1.82, 2.24) is 5.32 Å². The highest BCUT2D eigenvalue weighted by Gasteiger charge is 2.16. The topological polar surface area (TPSA) is 88.4 Å².